The van der Waals surface area contributed by atoms with Gasteiger partial charge < -0.3 is 9.84 Å². The Bertz CT molecular complexity index is 569. The zero-order chi connectivity index (χ0) is 17.9. The Morgan fingerprint density at radius 1 is 1.33 bits per heavy atom. The fourth-order valence-electron chi connectivity index (χ4n) is 3.03. The van der Waals surface area contributed by atoms with E-state index < -0.39 is 27.9 Å². The van der Waals surface area contributed by atoms with Crippen LogP contribution in [0.25, 0.3) is 0 Å². The monoisotopic (exact) mass is 362 g/mol. The molecule has 0 spiro atoms. The third kappa shape index (κ3) is 5.71. The van der Waals surface area contributed by atoms with E-state index in [-0.39, 0.29) is 24.4 Å². The Labute approximate surface area is 142 Å². The third-order valence-electron chi connectivity index (χ3n) is 4.58. The molecule has 2 aliphatic carbocycles. The predicted octanol–water partition coefficient (Wildman–Crippen LogP) is 0.0425. The van der Waals surface area contributed by atoms with Crippen molar-refractivity contribution in [2.24, 2.45) is 11.8 Å². The first kappa shape index (κ1) is 19.1. The molecule has 0 aromatic rings. The minimum Gasteiger partial charge on any atom is -0.480 e. The molecule has 0 amide bonds. The van der Waals surface area contributed by atoms with Crippen molar-refractivity contribution in [3.8, 4) is 0 Å². The fourth-order valence-corrected chi connectivity index (χ4v) is 4.62. The van der Waals surface area contributed by atoms with Gasteiger partial charge in [-0.1, -0.05) is 6.92 Å². The average molecular weight is 362 g/mol. The largest absolute Gasteiger partial charge is 0.480 e. The van der Waals surface area contributed by atoms with E-state index in [1.165, 1.54) is 14.0 Å². The van der Waals surface area contributed by atoms with Gasteiger partial charge in [0.05, 0.1) is 25.3 Å². The number of carbonyl (C=O) groups excluding carboxylic acids is 1. The summed E-state index contributed by atoms with van der Waals surface area (Å²) in [6.45, 7) is 2.29. The van der Waals surface area contributed by atoms with Crippen molar-refractivity contribution in [1.29, 1.82) is 0 Å². The summed E-state index contributed by atoms with van der Waals surface area (Å²) in [7, 11) is -2.34. The average Bonchev–Trinajstić information content (AvgIpc) is 3.23. The normalized spacial score (nSPS) is 25.1. The molecule has 0 aromatic heterocycles. The van der Waals surface area contributed by atoms with Gasteiger partial charge in [-0.2, -0.15) is 0 Å². The van der Waals surface area contributed by atoms with Gasteiger partial charge in [0.1, 0.15) is 0 Å². The number of hydrogen-bond acceptors (Lipinski definition) is 6. The number of carboxylic acids is 1. The number of esters is 1. The summed E-state index contributed by atoms with van der Waals surface area (Å²) in [5.41, 5.74) is 0. The summed E-state index contributed by atoms with van der Waals surface area (Å²) in [4.78, 5) is 24.3. The maximum absolute atomic E-state index is 12.1. The lowest BCUT2D eigenvalue weighted by Crippen LogP contribution is -2.55. The molecule has 1 unspecified atom stereocenters. The molecule has 2 aliphatic rings. The topological polar surface area (TPSA) is 113 Å². The standard InChI is InChI=1S/C15H26N2O6S/c1-10(15(20)23-2)9-24(21,22)16-12-5-13(6-12)17(8-14(18)19)7-11-3-4-11/h10-13,16H,3-9H2,1-2H3,(H,18,19). The number of sulfonamides is 1. The number of aliphatic carboxylic acids is 1. The Balaban J connectivity index is 1.79. The smallest absolute Gasteiger partial charge is 0.317 e. The minimum absolute atomic E-state index is 0.0000113. The highest BCUT2D eigenvalue weighted by Crippen LogP contribution is 2.34. The van der Waals surface area contributed by atoms with Gasteiger partial charge in [-0.05, 0) is 31.6 Å². The van der Waals surface area contributed by atoms with Crippen molar-refractivity contribution in [1.82, 2.24) is 9.62 Å². The van der Waals surface area contributed by atoms with Crippen LogP contribution in [0.2, 0.25) is 0 Å². The van der Waals surface area contributed by atoms with Gasteiger partial charge in [0.15, 0.2) is 0 Å². The first-order valence-electron chi connectivity index (χ1n) is 8.24. The van der Waals surface area contributed by atoms with Crippen molar-refractivity contribution in [2.45, 2.75) is 44.7 Å². The van der Waals surface area contributed by atoms with Gasteiger partial charge in [-0.3, -0.25) is 14.5 Å². The molecule has 138 valence electrons. The number of hydrogen-bond donors (Lipinski definition) is 2. The lowest BCUT2D eigenvalue weighted by molar-refractivity contribution is -0.144. The van der Waals surface area contributed by atoms with E-state index in [9.17, 15) is 18.0 Å². The van der Waals surface area contributed by atoms with E-state index in [0.717, 1.165) is 19.4 Å². The zero-order valence-electron chi connectivity index (χ0n) is 14.1. The van der Waals surface area contributed by atoms with Gasteiger partial charge >= 0.3 is 11.9 Å². The molecular weight excluding hydrogens is 336 g/mol. The summed E-state index contributed by atoms with van der Waals surface area (Å²) in [6, 6.07) is -0.0900. The van der Waals surface area contributed by atoms with Crippen LogP contribution >= 0.6 is 0 Å². The molecule has 2 fully saturated rings. The maximum atomic E-state index is 12.1. The molecule has 2 saturated carbocycles. The minimum atomic E-state index is -3.56. The summed E-state index contributed by atoms with van der Waals surface area (Å²) in [6.07, 6.45) is 3.49. The Hall–Kier alpha value is -1.19. The van der Waals surface area contributed by atoms with E-state index in [1.807, 2.05) is 4.90 Å². The molecule has 9 heteroatoms. The molecule has 0 aromatic carbocycles. The SMILES string of the molecule is COC(=O)C(C)CS(=O)(=O)NC1CC(N(CC(=O)O)CC2CC2)C1. The lowest BCUT2D eigenvalue weighted by Gasteiger charge is -2.42. The first-order valence-corrected chi connectivity index (χ1v) is 9.89. The van der Waals surface area contributed by atoms with Crippen LogP contribution in [-0.2, 0) is 24.3 Å². The highest BCUT2D eigenvalue weighted by atomic mass is 32.2. The lowest BCUT2D eigenvalue weighted by atomic mass is 9.86. The van der Waals surface area contributed by atoms with Crippen molar-refractivity contribution < 1.29 is 27.9 Å². The summed E-state index contributed by atoms with van der Waals surface area (Å²) in [5, 5.41) is 9.02. The van der Waals surface area contributed by atoms with E-state index in [1.54, 1.807) is 0 Å². The molecule has 0 bridgehead atoms. The van der Waals surface area contributed by atoms with Crippen LogP contribution in [0.3, 0.4) is 0 Å². The second-order valence-electron chi connectivity index (χ2n) is 6.91. The molecule has 8 nitrogen and oxygen atoms in total. The molecule has 0 aliphatic heterocycles. The number of carbonyl (C=O) groups is 2. The number of carboxylic acid groups (broad SMARTS) is 1. The summed E-state index contributed by atoms with van der Waals surface area (Å²) in [5.74, 6) is -1.85. The third-order valence-corrected chi connectivity index (χ3v) is 6.21. The second-order valence-corrected chi connectivity index (χ2v) is 8.71. The molecule has 0 radical (unpaired) electrons. The van der Waals surface area contributed by atoms with Gasteiger partial charge in [0.2, 0.25) is 10.0 Å². The zero-order valence-corrected chi connectivity index (χ0v) is 14.9. The molecule has 1 atom stereocenters. The highest BCUT2D eigenvalue weighted by molar-refractivity contribution is 7.89. The molecule has 0 heterocycles. The van der Waals surface area contributed by atoms with Crippen molar-refractivity contribution in [2.75, 3.05) is 26.0 Å². The van der Waals surface area contributed by atoms with Gasteiger partial charge in [-0.15, -0.1) is 0 Å². The van der Waals surface area contributed by atoms with Gasteiger partial charge in [-0.25, -0.2) is 13.1 Å². The second kappa shape index (κ2) is 7.79. The predicted molar refractivity (Wildman–Crippen MR) is 86.8 cm³/mol. The number of rotatable bonds is 10. The molecule has 0 saturated heterocycles. The number of nitrogens with one attached hydrogen (secondary N) is 1. The van der Waals surface area contributed by atoms with Crippen LogP contribution < -0.4 is 4.72 Å². The van der Waals surface area contributed by atoms with Crippen molar-refractivity contribution in [3.63, 3.8) is 0 Å². The number of nitrogens with zero attached hydrogens (tertiary/aromatic N) is 1. The molecular formula is C15H26N2O6S. The maximum Gasteiger partial charge on any atom is 0.317 e. The molecule has 2 N–H and O–H groups in total. The molecule has 2 rings (SSSR count). The summed E-state index contributed by atoms with van der Waals surface area (Å²) >= 11 is 0. The van der Waals surface area contributed by atoms with Gasteiger partial charge in [0, 0.05) is 18.6 Å². The Kier molecular flexibility index (Phi) is 6.22. The Morgan fingerprint density at radius 2 is 1.96 bits per heavy atom. The van der Waals surface area contributed by atoms with Crippen LogP contribution in [-0.4, -0.2) is 68.4 Å². The highest BCUT2D eigenvalue weighted by Gasteiger charge is 2.39. The summed E-state index contributed by atoms with van der Waals surface area (Å²) < 4.78 is 31.3. The number of methoxy groups -OCH3 is 1. The number of ether oxygens (including phenoxy) is 1. The van der Waals surface area contributed by atoms with Crippen molar-refractivity contribution >= 4 is 22.0 Å². The van der Waals surface area contributed by atoms with Gasteiger partial charge in [0.25, 0.3) is 0 Å². The van der Waals surface area contributed by atoms with Crippen LogP contribution in [0.1, 0.15) is 32.6 Å². The Morgan fingerprint density at radius 3 is 2.46 bits per heavy atom. The quantitative estimate of drug-likeness (QED) is 0.528. The first-order chi connectivity index (χ1) is 11.2. The van der Waals surface area contributed by atoms with Crippen LogP contribution in [0.15, 0.2) is 0 Å². The van der Waals surface area contributed by atoms with E-state index >= 15 is 0 Å². The van der Waals surface area contributed by atoms with Crippen LogP contribution in [0.4, 0.5) is 0 Å². The van der Waals surface area contributed by atoms with E-state index in [4.69, 9.17) is 5.11 Å². The van der Waals surface area contributed by atoms with Crippen LogP contribution in [0.5, 0.6) is 0 Å². The van der Waals surface area contributed by atoms with E-state index in [0.29, 0.717) is 18.8 Å². The van der Waals surface area contributed by atoms with E-state index in [2.05, 4.69) is 9.46 Å². The van der Waals surface area contributed by atoms with Crippen LogP contribution in [0, 0.1) is 11.8 Å². The van der Waals surface area contributed by atoms with Crippen molar-refractivity contribution in [3.05, 3.63) is 0 Å². The molecule has 24 heavy (non-hydrogen) atoms. The fraction of sp³-hybridized carbons (Fsp3) is 0.867.